The lowest BCUT2D eigenvalue weighted by Crippen LogP contribution is -2.35. The number of hydrogen-bond acceptors (Lipinski definition) is 6. The topological polar surface area (TPSA) is 94.9 Å². The van der Waals surface area contributed by atoms with Crippen molar-refractivity contribution in [2.75, 3.05) is 39.2 Å². The van der Waals surface area contributed by atoms with Gasteiger partial charge in [-0.1, -0.05) is 0 Å². The first-order valence-electron chi connectivity index (χ1n) is 8.44. The van der Waals surface area contributed by atoms with Crippen molar-refractivity contribution in [3.05, 3.63) is 36.0 Å². The van der Waals surface area contributed by atoms with E-state index in [1.807, 2.05) is 0 Å². The summed E-state index contributed by atoms with van der Waals surface area (Å²) in [6.07, 6.45) is 1.50. The Balaban J connectivity index is 1.87. The third-order valence-electron chi connectivity index (χ3n) is 3.65. The molecule has 1 heterocycles. The van der Waals surface area contributed by atoms with Gasteiger partial charge in [-0.25, -0.2) is 9.59 Å². The molecule has 1 aromatic heterocycles. The van der Waals surface area contributed by atoms with E-state index in [1.165, 1.54) is 15.8 Å². The molecule has 0 saturated heterocycles. The Morgan fingerprint density at radius 1 is 1.22 bits per heavy atom. The first-order chi connectivity index (χ1) is 12.9. The van der Waals surface area contributed by atoms with Gasteiger partial charge in [0.25, 0.3) is 0 Å². The Labute approximate surface area is 157 Å². The van der Waals surface area contributed by atoms with Crippen molar-refractivity contribution in [1.29, 1.82) is 0 Å². The van der Waals surface area contributed by atoms with Gasteiger partial charge in [-0.2, -0.15) is 5.10 Å². The van der Waals surface area contributed by atoms with Crippen LogP contribution in [-0.2, 0) is 11.8 Å². The average Bonchev–Trinajstić information content (AvgIpc) is 3.02. The lowest BCUT2D eigenvalue weighted by Gasteiger charge is -2.18. The predicted octanol–water partition coefficient (Wildman–Crippen LogP) is 2.15. The fourth-order valence-corrected chi connectivity index (χ4v) is 2.21. The summed E-state index contributed by atoms with van der Waals surface area (Å²) in [6.45, 7) is 2.61. The average molecular weight is 376 g/mol. The van der Waals surface area contributed by atoms with Gasteiger partial charge in [-0.15, -0.1) is 0 Å². The zero-order valence-corrected chi connectivity index (χ0v) is 15.9. The summed E-state index contributed by atoms with van der Waals surface area (Å²) in [5, 5.41) is 6.71. The fraction of sp³-hybridized carbons (Fsp3) is 0.389. The Hall–Kier alpha value is -3.23. The zero-order chi connectivity index (χ0) is 19.8. The van der Waals surface area contributed by atoms with Crippen molar-refractivity contribution < 1.29 is 23.8 Å². The lowest BCUT2D eigenvalue weighted by atomic mass is 10.3. The molecule has 0 bridgehead atoms. The molecule has 0 aliphatic carbocycles. The second kappa shape index (κ2) is 9.46. The molecule has 9 nitrogen and oxygen atoms in total. The smallest absolute Gasteiger partial charge is 0.343 e. The number of methoxy groups -OCH3 is 1. The van der Waals surface area contributed by atoms with Crippen LogP contribution < -0.4 is 14.8 Å². The van der Waals surface area contributed by atoms with Crippen LogP contribution in [0.3, 0.4) is 0 Å². The molecular weight excluding hydrogens is 352 g/mol. The second-order valence-corrected chi connectivity index (χ2v) is 5.66. The van der Waals surface area contributed by atoms with Crippen LogP contribution in [0.1, 0.15) is 17.3 Å². The van der Waals surface area contributed by atoms with E-state index in [0.29, 0.717) is 18.9 Å². The van der Waals surface area contributed by atoms with E-state index in [0.717, 1.165) is 5.75 Å². The van der Waals surface area contributed by atoms with E-state index in [4.69, 9.17) is 14.2 Å². The number of anilines is 1. The van der Waals surface area contributed by atoms with Crippen LogP contribution >= 0.6 is 0 Å². The van der Waals surface area contributed by atoms with Crippen LogP contribution in [-0.4, -0.2) is 60.6 Å². The van der Waals surface area contributed by atoms with E-state index < -0.39 is 12.0 Å². The zero-order valence-electron chi connectivity index (χ0n) is 15.9. The van der Waals surface area contributed by atoms with Crippen molar-refractivity contribution >= 4 is 17.8 Å². The van der Waals surface area contributed by atoms with Crippen LogP contribution in [0, 0.1) is 0 Å². The molecule has 0 unspecified atom stereocenters. The number of carbonyl (C=O) groups excluding carboxylic acids is 2. The summed E-state index contributed by atoms with van der Waals surface area (Å²) >= 11 is 0. The molecule has 0 saturated carbocycles. The molecule has 27 heavy (non-hydrogen) atoms. The van der Waals surface area contributed by atoms with Crippen molar-refractivity contribution in [3.63, 3.8) is 0 Å². The first kappa shape index (κ1) is 20.1. The van der Waals surface area contributed by atoms with Crippen molar-refractivity contribution in [2.24, 2.45) is 7.05 Å². The van der Waals surface area contributed by atoms with Gasteiger partial charge in [0.2, 0.25) is 0 Å². The number of aromatic nitrogens is 2. The largest absolute Gasteiger partial charge is 0.497 e. The van der Waals surface area contributed by atoms with E-state index in [9.17, 15) is 9.59 Å². The quantitative estimate of drug-likeness (QED) is 0.710. The molecule has 1 aromatic carbocycles. The van der Waals surface area contributed by atoms with E-state index >= 15 is 0 Å². The highest BCUT2D eigenvalue weighted by atomic mass is 16.5. The Morgan fingerprint density at radius 2 is 1.89 bits per heavy atom. The van der Waals surface area contributed by atoms with Gasteiger partial charge in [-0.3, -0.25) is 10.00 Å². The maximum atomic E-state index is 12.3. The molecule has 0 spiro atoms. The number of ether oxygens (including phenoxy) is 3. The normalized spacial score (nSPS) is 10.2. The minimum Gasteiger partial charge on any atom is -0.497 e. The van der Waals surface area contributed by atoms with Gasteiger partial charge in [0, 0.05) is 20.3 Å². The fourth-order valence-electron chi connectivity index (χ4n) is 2.21. The molecule has 0 radical (unpaired) electrons. The third kappa shape index (κ3) is 5.63. The Morgan fingerprint density at radius 3 is 2.52 bits per heavy atom. The van der Waals surface area contributed by atoms with Crippen LogP contribution in [0.2, 0.25) is 0 Å². The first-order valence-corrected chi connectivity index (χ1v) is 8.44. The van der Waals surface area contributed by atoms with Gasteiger partial charge < -0.3 is 19.1 Å². The van der Waals surface area contributed by atoms with Gasteiger partial charge >= 0.3 is 12.0 Å². The minimum absolute atomic E-state index is 0.156. The molecule has 0 aliphatic rings. The number of rotatable bonds is 8. The summed E-state index contributed by atoms with van der Waals surface area (Å²) < 4.78 is 17.1. The van der Waals surface area contributed by atoms with E-state index in [-0.39, 0.29) is 18.0 Å². The molecule has 1 N–H and O–H groups in total. The predicted molar refractivity (Wildman–Crippen MR) is 99.3 cm³/mol. The third-order valence-corrected chi connectivity index (χ3v) is 3.65. The Kier molecular flexibility index (Phi) is 7.04. The number of nitrogens with zero attached hydrogens (tertiary/aromatic N) is 3. The Bertz CT molecular complexity index is 773. The number of likely N-dealkylation sites (N-methyl/N-ethyl adjacent to an activating group) is 1. The molecule has 2 aromatic rings. The summed E-state index contributed by atoms with van der Waals surface area (Å²) in [6, 6.07) is 6.77. The molecule has 0 aliphatic heterocycles. The lowest BCUT2D eigenvalue weighted by molar-refractivity contribution is 0.0527. The van der Waals surface area contributed by atoms with Crippen LogP contribution in [0.25, 0.3) is 0 Å². The molecule has 146 valence electrons. The summed E-state index contributed by atoms with van der Waals surface area (Å²) in [5.41, 5.74) is 0.204. The maximum absolute atomic E-state index is 12.3. The molecule has 2 amide bonds. The van der Waals surface area contributed by atoms with Gasteiger partial charge in [0.05, 0.1) is 20.3 Å². The van der Waals surface area contributed by atoms with Crippen LogP contribution in [0.15, 0.2) is 30.5 Å². The number of nitrogens with one attached hydrogen (secondary N) is 1. The maximum Gasteiger partial charge on any atom is 0.343 e. The van der Waals surface area contributed by atoms with Gasteiger partial charge in [-0.05, 0) is 31.2 Å². The minimum atomic E-state index is -0.536. The van der Waals surface area contributed by atoms with E-state index in [2.05, 4.69) is 10.4 Å². The standard InChI is InChI=1S/C18H24N4O5/c1-5-26-17(23)15-12-22(3)20-16(15)19-18(24)21(2)10-11-27-14-8-6-13(25-4)7-9-14/h6-9,12H,5,10-11H2,1-4H3,(H,19,20,24). The molecular formula is C18H24N4O5. The highest BCUT2D eigenvalue weighted by Crippen LogP contribution is 2.17. The number of urea groups is 1. The molecule has 9 heteroatoms. The monoisotopic (exact) mass is 376 g/mol. The highest BCUT2D eigenvalue weighted by molar-refractivity contribution is 5.99. The van der Waals surface area contributed by atoms with Crippen LogP contribution in [0.5, 0.6) is 11.5 Å². The number of aryl methyl sites for hydroxylation is 1. The van der Waals surface area contributed by atoms with Gasteiger partial charge in [0.1, 0.15) is 23.7 Å². The number of hydrogen-bond donors (Lipinski definition) is 1. The number of carbonyl (C=O) groups is 2. The summed E-state index contributed by atoms with van der Waals surface area (Å²) in [5.74, 6) is 1.04. The van der Waals surface area contributed by atoms with Crippen molar-refractivity contribution in [1.82, 2.24) is 14.7 Å². The highest BCUT2D eigenvalue weighted by Gasteiger charge is 2.20. The number of benzene rings is 1. The second-order valence-electron chi connectivity index (χ2n) is 5.66. The SMILES string of the molecule is CCOC(=O)c1cn(C)nc1NC(=O)N(C)CCOc1ccc(OC)cc1. The van der Waals surface area contributed by atoms with Crippen LogP contribution in [0.4, 0.5) is 10.6 Å². The van der Waals surface area contributed by atoms with Gasteiger partial charge in [0.15, 0.2) is 5.82 Å². The summed E-state index contributed by atoms with van der Waals surface area (Å²) in [7, 11) is 4.88. The number of amides is 2. The molecule has 0 fully saturated rings. The molecule has 2 rings (SSSR count). The van der Waals surface area contributed by atoms with Crippen molar-refractivity contribution in [3.8, 4) is 11.5 Å². The summed E-state index contributed by atoms with van der Waals surface area (Å²) in [4.78, 5) is 25.7. The molecule has 0 atom stereocenters. The van der Waals surface area contributed by atoms with Crippen molar-refractivity contribution in [2.45, 2.75) is 6.92 Å². The van der Waals surface area contributed by atoms with E-state index in [1.54, 1.807) is 52.4 Å². The number of esters is 1.